The van der Waals surface area contributed by atoms with Gasteiger partial charge in [0.1, 0.15) is 12.4 Å². The molecular weight excluding hydrogens is 453 g/mol. The van der Waals surface area contributed by atoms with Crippen molar-refractivity contribution in [2.24, 2.45) is 5.92 Å². The van der Waals surface area contributed by atoms with E-state index < -0.39 is 5.92 Å². The van der Waals surface area contributed by atoms with E-state index in [4.69, 9.17) is 4.74 Å². The maximum atomic E-state index is 14.1. The van der Waals surface area contributed by atoms with Gasteiger partial charge in [-0.2, -0.15) is 5.10 Å². The van der Waals surface area contributed by atoms with Crippen LogP contribution in [0.4, 0.5) is 13.2 Å². The van der Waals surface area contributed by atoms with Crippen LogP contribution < -0.4 is 4.74 Å². The molecule has 35 heavy (non-hydrogen) atoms. The average Bonchev–Trinajstić information content (AvgIpc) is 3.35. The predicted molar refractivity (Wildman–Crippen MR) is 130 cm³/mol. The van der Waals surface area contributed by atoms with Gasteiger partial charge in [-0.3, -0.25) is 19.3 Å². The Morgan fingerprint density at radius 1 is 1.11 bits per heavy atom. The van der Waals surface area contributed by atoms with Crippen molar-refractivity contribution in [3.05, 3.63) is 71.5 Å². The number of aromatic amines is 1. The highest BCUT2D eigenvalue weighted by molar-refractivity contribution is 5.64. The first-order chi connectivity index (χ1) is 16.9. The van der Waals surface area contributed by atoms with Crippen LogP contribution in [0.15, 0.2) is 54.9 Å². The summed E-state index contributed by atoms with van der Waals surface area (Å²) in [5, 5.41) is 6.88. The normalized spacial score (nSPS) is 19.4. The standard InChI is InChI=1S/C27H31F3N4O/c1-27(29,30)18-34-9-8-22-12-21(23-14-31-32-15-23)4-7-25(22)26(34)20-2-5-24(6-3-20)35-11-10-33-16-19(13-28)17-33/h2-7,12,14-15,19,26H,8-11,13,16-18H2,1H3,(H,31,32)/t26-/m0/s1. The molecule has 2 aromatic carbocycles. The minimum absolute atomic E-state index is 0.168. The van der Waals surface area contributed by atoms with Crippen molar-refractivity contribution < 1.29 is 17.9 Å². The van der Waals surface area contributed by atoms with Crippen LogP contribution >= 0.6 is 0 Å². The number of hydrogen-bond acceptors (Lipinski definition) is 4. The Bertz CT molecular complexity index is 1110. The smallest absolute Gasteiger partial charge is 0.257 e. The molecule has 0 bridgehead atoms. The first kappa shape index (κ1) is 23.9. The van der Waals surface area contributed by atoms with Crippen LogP contribution in [0.25, 0.3) is 11.1 Å². The number of hydrogen-bond donors (Lipinski definition) is 1. The molecule has 0 spiro atoms. The van der Waals surface area contributed by atoms with Gasteiger partial charge in [0.25, 0.3) is 5.92 Å². The predicted octanol–water partition coefficient (Wildman–Crippen LogP) is 4.96. The Morgan fingerprint density at radius 2 is 1.91 bits per heavy atom. The van der Waals surface area contributed by atoms with Gasteiger partial charge in [-0.15, -0.1) is 0 Å². The molecule has 0 radical (unpaired) electrons. The molecule has 3 heterocycles. The lowest BCUT2D eigenvalue weighted by Crippen LogP contribution is -2.49. The van der Waals surface area contributed by atoms with Crippen molar-refractivity contribution in [2.75, 3.05) is 46.0 Å². The summed E-state index contributed by atoms with van der Waals surface area (Å²) in [4.78, 5) is 4.05. The molecule has 186 valence electrons. The molecule has 0 aliphatic carbocycles. The number of nitrogens with zero attached hydrogens (tertiary/aromatic N) is 3. The number of rotatable bonds is 9. The molecule has 8 heteroatoms. The molecule has 0 saturated carbocycles. The Hall–Kier alpha value is -2.84. The topological polar surface area (TPSA) is 44.4 Å². The summed E-state index contributed by atoms with van der Waals surface area (Å²) < 4.78 is 46.6. The summed E-state index contributed by atoms with van der Waals surface area (Å²) in [7, 11) is 0. The number of H-pyrrole nitrogens is 1. The quantitative estimate of drug-likeness (QED) is 0.466. The van der Waals surface area contributed by atoms with Gasteiger partial charge in [-0.1, -0.05) is 30.3 Å². The fraction of sp³-hybridized carbons (Fsp3) is 0.444. The van der Waals surface area contributed by atoms with E-state index in [1.807, 2.05) is 41.4 Å². The Morgan fingerprint density at radius 3 is 2.60 bits per heavy atom. The maximum Gasteiger partial charge on any atom is 0.257 e. The molecule has 3 aromatic rings. The molecule has 1 aromatic heterocycles. The highest BCUT2D eigenvalue weighted by Gasteiger charge is 2.35. The van der Waals surface area contributed by atoms with Gasteiger partial charge in [0.2, 0.25) is 0 Å². The zero-order chi connectivity index (χ0) is 24.4. The second-order valence-corrected chi connectivity index (χ2v) is 9.79. The zero-order valence-electron chi connectivity index (χ0n) is 19.9. The van der Waals surface area contributed by atoms with Crippen molar-refractivity contribution in [2.45, 2.75) is 25.3 Å². The van der Waals surface area contributed by atoms with Gasteiger partial charge in [0, 0.05) is 50.8 Å². The largest absolute Gasteiger partial charge is 0.492 e. The highest BCUT2D eigenvalue weighted by atomic mass is 19.3. The van der Waals surface area contributed by atoms with E-state index in [2.05, 4.69) is 27.2 Å². The van der Waals surface area contributed by atoms with Crippen molar-refractivity contribution in [1.29, 1.82) is 0 Å². The number of alkyl halides is 3. The van der Waals surface area contributed by atoms with E-state index in [0.717, 1.165) is 54.6 Å². The van der Waals surface area contributed by atoms with E-state index in [1.54, 1.807) is 6.20 Å². The van der Waals surface area contributed by atoms with Gasteiger partial charge < -0.3 is 4.74 Å². The van der Waals surface area contributed by atoms with Crippen LogP contribution in [0.5, 0.6) is 5.75 Å². The van der Waals surface area contributed by atoms with Crippen molar-refractivity contribution in [3.63, 3.8) is 0 Å². The fourth-order valence-corrected chi connectivity index (χ4v) is 5.18. The van der Waals surface area contributed by atoms with Gasteiger partial charge in [-0.25, -0.2) is 8.78 Å². The maximum absolute atomic E-state index is 14.1. The third-order valence-corrected chi connectivity index (χ3v) is 6.91. The molecule has 0 amide bonds. The van der Waals surface area contributed by atoms with Gasteiger partial charge in [0.15, 0.2) is 0 Å². The number of likely N-dealkylation sites (tertiary alicyclic amines) is 1. The number of aromatic nitrogens is 2. The molecule has 0 unspecified atom stereocenters. The van der Waals surface area contributed by atoms with Crippen LogP contribution in [-0.4, -0.2) is 71.9 Å². The average molecular weight is 485 g/mol. The van der Waals surface area contributed by atoms with Crippen LogP contribution in [0.2, 0.25) is 0 Å². The molecular formula is C27H31F3N4O. The fourth-order valence-electron chi connectivity index (χ4n) is 5.18. The number of halogens is 3. The molecule has 2 aliphatic heterocycles. The molecule has 1 saturated heterocycles. The second-order valence-electron chi connectivity index (χ2n) is 9.79. The van der Waals surface area contributed by atoms with Crippen LogP contribution in [0.3, 0.4) is 0 Å². The van der Waals surface area contributed by atoms with Gasteiger partial charge >= 0.3 is 0 Å². The number of nitrogens with one attached hydrogen (secondary N) is 1. The highest BCUT2D eigenvalue weighted by Crippen LogP contribution is 2.38. The van der Waals surface area contributed by atoms with E-state index in [1.165, 1.54) is 5.56 Å². The molecule has 2 aliphatic rings. The number of benzene rings is 2. The Labute approximate surface area is 203 Å². The molecule has 5 nitrogen and oxygen atoms in total. The SMILES string of the molecule is CC(F)(F)CN1CCc2cc(-c3cn[nH]c3)ccc2[C@@H]1c1ccc(OCCN2CC(CF)C2)cc1. The lowest BCUT2D eigenvalue weighted by molar-refractivity contribution is -0.0238. The lowest BCUT2D eigenvalue weighted by atomic mass is 9.86. The third-order valence-electron chi connectivity index (χ3n) is 6.91. The second kappa shape index (κ2) is 10.0. The summed E-state index contributed by atoms with van der Waals surface area (Å²) in [6.45, 7) is 3.88. The summed E-state index contributed by atoms with van der Waals surface area (Å²) >= 11 is 0. The van der Waals surface area contributed by atoms with Crippen molar-refractivity contribution >= 4 is 0 Å². The lowest BCUT2D eigenvalue weighted by Gasteiger charge is -2.39. The summed E-state index contributed by atoms with van der Waals surface area (Å²) in [5.41, 5.74) is 5.26. The first-order valence-corrected chi connectivity index (χ1v) is 12.1. The molecule has 1 atom stereocenters. The molecule has 1 fully saturated rings. The van der Waals surface area contributed by atoms with Crippen LogP contribution in [-0.2, 0) is 6.42 Å². The van der Waals surface area contributed by atoms with E-state index in [9.17, 15) is 13.2 Å². The third kappa shape index (κ3) is 5.54. The Balaban J connectivity index is 1.33. The summed E-state index contributed by atoms with van der Waals surface area (Å²) in [5.74, 6) is -1.87. The summed E-state index contributed by atoms with van der Waals surface area (Å²) in [6.07, 6.45) is 4.35. The van der Waals surface area contributed by atoms with Gasteiger partial charge in [0.05, 0.1) is 25.5 Å². The first-order valence-electron chi connectivity index (χ1n) is 12.1. The number of ether oxygens (including phenoxy) is 1. The van der Waals surface area contributed by atoms with Crippen LogP contribution in [0, 0.1) is 5.92 Å². The van der Waals surface area contributed by atoms with E-state index in [-0.39, 0.29) is 25.2 Å². The van der Waals surface area contributed by atoms with Gasteiger partial charge in [-0.05, 0) is 40.8 Å². The van der Waals surface area contributed by atoms with Crippen molar-refractivity contribution in [1.82, 2.24) is 20.0 Å². The number of fused-ring (bicyclic) bond motifs is 1. The van der Waals surface area contributed by atoms with E-state index >= 15 is 0 Å². The minimum atomic E-state index is -2.78. The molecule has 5 rings (SSSR count). The minimum Gasteiger partial charge on any atom is -0.492 e. The van der Waals surface area contributed by atoms with Crippen LogP contribution in [0.1, 0.15) is 29.7 Å². The molecule has 1 N–H and O–H groups in total. The van der Waals surface area contributed by atoms with E-state index in [0.29, 0.717) is 19.6 Å². The summed E-state index contributed by atoms with van der Waals surface area (Å²) in [6, 6.07) is 13.8. The Kier molecular flexibility index (Phi) is 6.84. The zero-order valence-corrected chi connectivity index (χ0v) is 19.9. The monoisotopic (exact) mass is 484 g/mol. The van der Waals surface area contributed by atoms with Crippen molar-refractivity contribution in [3.8, 4) is 16.9 Å².